The van der Waals surface area contributed by atoms with Crippen molar-refractivity contribution < 1.29 is 4.79 Å². The van der Waals surface area contributed by atoms with Crippen molar-refractivity contribution in [3.05, 3.63) is 0 Å². The molecule has 2 bridgehead atoms. The minimum absolute atomic E-state index is 0.0973. The Morgan fingerprint density at radius 1 is 1.32 bits per heavy atom. The molecule has 0 aromatic carbocycles. The number of nitrogens with two attached hydrogens (primary N) is 1. The lowest BCUT2D eigenvalue weighted by Gasteiger charge is -2.31. The fourth-order valence-electron chi connectivity index (χ4n) is 4.53. The zero-order chi connectivity index (χ0) is 13.4. The molecule has 3 rings (SSSR count). The molecule has 1 aliphatic heterocycles. The number of rotatable bonds is 3. The molecular formula is C15H27N3O. The molecule has 1 saturated heterocycles. The predicted molar refractivity (Wildman–Crippen MR) is 75.5 cm³/mol. The summed E-state index contributed by atoms with van der Waals surface area (Å²) in [5.74, 6) is 2.13. The van der Waals surface area contributed by atoms with Gasteiger partial charge in [0.1, 0.15) is 0 Å². The minimum atomic E-state index is 0.0973. The number of carbonyl (C=O) groups excluding carboxylic acids is 1. The maximum absolute atomic E-state index is 12.4. The third-order valence-corrected chi connectivity index (χ3v) is 5.57. The van der Waals surface area contributed by atoms with Crippen LogP contribution in [0.5, 0.6) is 0 Å². The van der Waals surface area contributed by atoms with E-state index in [4.69, 9.17) is 5.73 Å². The first-order valence-electron chi connectivity index (χ1n) is 7.87. The number of nitrogens with one attached hydrogen (secondary N) is 1. The third kappa shape index (κ3) is 2.65. The van der Waals surface area contributed by atoms with Crippen LogP contribution in [-0.4, -0.2) is 43.5 Å². The van der Waals surface area contributed by atoms with E-state index in [2.05, 4.69) is 17.3 Å². The van der Waals surface area contributed by atoms with E-state index < -0.39 is 0 Å². The van der Waals surface area contributed by atoms with Gasteiger partial charge in [-0.05, 0) is 63.5 Å². The first-order chi connectivity index (χ1) is 9.15. The Morgan fingerprint density at radius 3 is 2.79 bits per heavy atom. The highest BCUT2D eigenvalue weighted by Gasteiger charge is 2.48. The number of hydrogen-bond donors (Lipinski definition) is 2. The molecular weight excluding hydrogens is 238 g/mol. The normalized spacial score (nSPS) is 42.5. The lowest BCUT2D eigenvalue weighted by atomic mass is 9.84. The smallest absolute Gasteiger partial charge is 0.224 e. The Hall–Kier alpha value is -0.610. The van der Waals surface area contributed by atoms with Gasteiger partial charge in [0.05, 0.1) is 5.92 Å². The molecule has 3 aliphatic rings. The Kier molecular flexibility index (Phi) is 3.81. The van der Waals surface area contributed by atoms with Crippen molar-refractivity contribution in [2.45, 2.75) is 38.1 Å². The van der Waals surface area contributed by atoms with Crippen LogP contribution in [-0.2, 0) is 4.79 Å². The molecule has 108 valence electrons. The molecule has 5 unspecified atom stereocenters. The maximum atomic E-state index is 12.4. The number of nitrogens with zero attached hydrogens (tertiary/aromatic N) is 1. The zero-order valence-corrected chi connectivity index (χ0v) is 12.0. The summed E-state index contributed by atoms with van der Waals surface area (Å²) in [6.45, 7) is 3.15. The summed E-state index contributed by atoms with van der Waals surface area (Å²) in [7, 11) is 2.17. The summed E-state index contributed by atoms with van der Waals surface area (Å²) < 4.78 is 0. The fourth-order valence-corrected chi connectivity index (χ4v) is 4.53. The number of piperidine rings is 1. The molecule has 19 heavy (non-hydrogen) atoms. The van der Waals surface area contributed by atoms with Crippen LogP contribution in [0.25, 0.3) is 0 Å². The largest absolute Gasteiger partial charge is 0.355 e. The van der Waals surface area contributed by atoms with Gasteiger partial charge in [0.25, 0.3) is 0 Å². The molecule has 5 atom stereocenters. The second kappa shape index (κ2) is 5.41. The van der Waals surface area contributed by atoms with Gasteiger partial charge in [0, 0.05) is 19.1 Å². The number of amides is 1. The quantitative estimate of drug-likeness (QED) is 0.794. The van der Waals surface area contributed by atoms with E-state index in [9.17, 15) is 4.79 Å². The highest BCUT2D eigenvalue weighted by molar-refractivity contribution is 5.80. The van der Waals surface area contributed by atoms with Gasteiger partial charge in [-0.2, -0.15) is 0 Å². The van der Waals surface area contributed by atoms with Crippen molar-refractivity contribution in [3.8, 4) is 0 Å². The monoisotopic (exact) mass is 265 g/mol. The van der Waals surface area contributed by atoms with E-state index >= 15 is 0 Å². The van der Waals surface area contributed by atoms with Crippen LogP contribution in [0.3, 0.4) is 0 Å². The van der Waals surface area contributed by atoms with Crippen LogP contribution in [0.15, 0.2) is 0 Å². The first-order valence-corrected chi connectivity index (χ1v) is 7.87. The lowest BCUT2D eigenvalue weighted by Crippen LogP contribution is -2.47. The Balaban J connectivity index is 1.49. The summed E-state index contributed by atoms with van der Waals surface area (Å²) in [4.78, 5) is 14.7. The standard InChI is InChI=1S/C15H27N3O/c1-18-6-2-3-10(9-18)8-17-15(19)13-11-4-5-12(7-11)14(13)16/h10-14H,2-9,16H2,1H3,(H,17,19). The van der Waals surface area contributed by atoms with Crippen molar-refractivity contribution in [2.24, 2.45) is 29.4 Å². The summed E-state index contributed by atoms with van der Waals surface area (Å²) in [6, 6.07) is 0.118. The van der Waals surface area contributed by atoms with Crippen molar-refractivity contribution in [1.29, 1.82) is 0 Å². The highest BCUT2D eigenvalue weighted by atomic mass is 16.1. The Morgan fingerprint density at radius 2 is 2.11 bits per heavy atom. The van der Waals surface area contributed by atoms with Gasteiger partial charge < -0.3 is 16.0 Å². The van der Waals surface area contributed by atoms with E-state index in [-0.39, 0.29) is 17.9 Å². The molecule has 0 spiro atoms. The average Bonchev–Trinajstić information content (AvgIpc) is 2.97. The number of likely N-dealkylation sites (tertiary alicyclic amines) is 1. The van der Waals surface area contributed by atoms with Crippen molar-refractivity contribution >= 4 is 5.91 Å². The van der Waals surface area contributed by atoms with Gasteiger partial charge in [0.15, 0.2) is 0 Å². The minimum Gasteiger partial charge on any atom is -0.355 e. The van der Waals surface area contributed by atoms with Crippen LogP contribution >= 0.6 is 0 Å². The van der Waals surface area contributed by atoms with Gasteiger partial charge in [-0.1, -0.05) is 0 Å². The van der Waals surface area contributed by atoms with Crippen molar-refractivity contribution in [3.63, 3.8) is 0 Å². The van der Waals surface area contributed by atoms with E-state index in [0.717, 1.165) is 13.1 Å². The molecule has 3 N–H and O–H groups in total. The summed E-state index contributed by atoms with van der Waals surface area (Å²) in [6.07, 6.45) is 6.13. The maximum Gasteiger partial charge on any atom is 0.224 e. The average molecular weight is 265 g/mol. The number of carbonyl (C=O) groups is 1. The van der Waals surface area contributed by atoms with Crippen LogP contribution in [0.4, 0.5) is 0 Å². The summed E-state index contributed by atoms with van der Waals surface area (Å²) in [5.41, 5.74) is 6.23. The van der Waals surface area contributed by atoms with E-state index in [1.807, 2.05) is 0 Å². The third-order valence-electron chi connectivity index (χ3n) is 5.57. The molecule has 2 saturated carbocycles. The summed E-state index contributed by atoms with van der Waals surface area (Å²) in [5, 5.41) is 3.18. The molecule has 4 heteroatoms. The van der Waals surface area contributed by atoms with Gasteiger partial charge in [-0.15, -0.1) is 0 Å². The fraction of sp³-hybridized carbons (Fsp3) is 0.933. The lowest BCUT2D eigenvalue weighted by molar-refractivity contribution is -0.127. The first kappa shape index (κ1) is 13.4. The molecule has 3 fully saturated rings. The van der Waals surface area contributed by atoms with Crippen molar-refractivity contribution in [2.75, 3.05) is 26.7 Å². The van der Waals surface area contributed by atoms with Gasteiger partial charge in [-0.3, -0.25) is 4.79 Å². The van der Waals surface area contributed by atoms with E-state index in [1.54, 1.807) is 0 Å². The topological polar surface area (TPSA) is 58.4 Å². The zero-order valence-electron chi connectivity index (χ0n) is 12.0. The highest BCUT2D eigenvalue weighted by Crippen LogP contribution is 2.47. The van der Waals surface area contributed by atoms with Gasteiger partial charge in [0.2, 0.25) is 5.91 Å². The number of fused-ring (bicyclic) bond motifs is 2. The SMILES string of the molecule is CN1CCCC(CNC(=O)C2C3CCC(C3)C2N)C1. The molecule has 0 aromatic heterocycles. The Labute approximate surface area is 116 Å². The molecule has 4 nitrogen and oxygen atoms in total. The second-order valence-corrected chi connectivity index (χ2v) is 6.95. The van der Waals surface area contributed by atoms with Crippen LogP contribution in [0.1, 0.15) is 32.1 Å². The van der Waals surface area contributed by atoms with E-state index in [0.29, 0.717) is 17.8 Å². The molecule has 1 amide bonds. The van der Waals surface area contributed by atoms with Crippen molar-refractivity contribution in [1.82, 2.24) is 10.2 Å². The van der Waals surface area contributed by atoms with Crippen LogP contribution in [0.2, 0.25) is 0 Å². The van der Waals surface area contributed by atoms with E-state index in [1.165, 1.54) is 38.6 Å². The van der Waals surface area contributed by atoms with Gasteiger partial charge >= 0.3 is 0 Å². The van der Waals surface area contributed by atoms with Crippen LogP contribution < -0.4 is 11.1 Å². The molecule has 0 radical (unpaired) electrons. The molecule has 2 aliphatic carbocycles. The second-order valence-electron chi connectivity index (χ2n) is 6.95. The van der Waals surface area contributed by atoms with Crippen LogP contribution in [0, 0.1) is 23.7 Å². The Bertz CT molecular complexity index is 344. The molecule has 0 aromatic rings. The summed E-state index contributed by atoms with van der Waals surface area (Å²) >= 11 is 0. The number of hydrogen-bond acceptors (Lipinski definition) is 3. The predicted octanol–water partition coefficient (Wildman–Crippen LogP) is 0.818. The van der Waals surface area contributed by atoms with Gasteiger partial charge in [-0.25, -0.2) is 0 Å². The molecule has 1 heterocycles.